The van der Waals surface area contributed by atoms with Gasteiger partial charge in [0.05, 0.1) is 12.0 Å². The van der Waals surface area contributed by atoms with Crippen LogP contribution in [-0.2, 0) is 9.59 Å². The van der Waals surface area contributed by atoms with Gasteiger partial charge in [-0.2, -0.15) is 0 Å². The molecule has 21 heavy (non-hydrogen) atoms. The first-order valence-electron chi connectivity index (χ1n) is 6.11. The van der Waals surface area contributed by atoms with Gasteiger partial charge >= 0.3 is 0 Å². The zero-order chi connectivity index (χ0) is 15.4. The van der Waals surface area contributed by atoms with E-state index in [0.717, 1.165) is 17.3 Å². The number of benzene rings is 1. The van der Waals surface area contributed by atoms with E-state index in [2.05, 4.69) is 0 Å². The molecule has 1 fully saturated rings. The van der Waals surface area contributed by atoms with Crippen LogP contribution in [0.1, 0.15) is 12.0 Å². The molecule has 1 aliphatic rings. The smallest absolute Gasteiger partial charge is 0.266 e. The zero-order valence-electron chi connectivity index (χ0n) is 11.2. The van der Waals surface area contributed by atoms with Crippen molar-refractivity contribution in [2.75, 3.05) is 13.7 Å². The summed E-state index contributed by atoms with van der Waals surface area (Å²) in [7, 11) is 1.55. The second-order valence-corrected chi connectivity index (χ2v) is 5.87. The molecule has 5 nitrogen and oxygen atoms in total. The quantitative estimate of drug-likeness (QED) is 0.596. The summed E-state index contributed by atoms with van der Waals surface area (Å²) in [6.45, 7) is 0.0241. The van der Waals surface area contributed by atoms with Gasteiger partial charge in [0.2, 0.25) is 0 Å². The van der Waals surface area contributed by atoms with E-state index in [1.54, 1.807) is 19.3 Å². The van der Waals surface area contributed by atoms with Crippen LogP contribution in [0, 0.1) is 0 Å². The lowest BCUT2D eigenvalue weighted by molar-refractivity contribution is -0.305. The molecule has 0 unspecified atom stereocenters. The molecule has 1 aromatic carbocycles. The average molecular weight is 322 g/mol. The first-order chi connectivity index (χ1) is 10.0. The molecule has 0 radical (unpaired) electrons. The van der Waals surface area contributed by atoms with Crippen molar-refractivity contribution < 1.29 is 19.4 Å². The van der Waals surface area contributed by atoms with Crippen molar-refractivity contribution >= 4 is 46.3 Å². The largest absolute Gasteiger partial charge is 0.550 e. The normalized spacial score (nSPS) is 16.6. The van der Waals surface area contributed by atoms with Gasteiger partial charge < -0.3 is 14.6 Å². The molecular weight excluding hydrogens is 310 g/mol. The molecule has 0 N–H and O–H groups in total. The van der Waals surface area contributed by atoms with Gasteiger partial charge in [-0.1, -0.05) is 42.2 Å². The minimum atomic E-state index is -1.21. The minimum absolute atomic E-state index is 0.0241. The Morgan fingerprint density at radius 1 is 1.48 bits per heavy atom. The van der Waals surface area contributed by atoms with E-state index in [1.165, 1.54) is 4.90 Å². The molecule has 1 aromatic rings. The third-order valence-corrected chi connectivity index (χ3v) is 4.22. The predicted octanol–water partition coefficient (Wildman–Crippen LogP) is 1.04. The summed E-state index contributed by atoms with van der Waals surface area (Å²) in [4.78, 5) is 24.4. The van der Waals surface area contributed by atoms with Crippen molar-refractivity contribution in [3.63, 3.8) is 0 Å². The van der Waals surface area contributed by atoms with E-state index in [-0.39, 0.29) is 18.9 Å². The number of carbonyl (C=O) groups excluding carboxylic acids is 2. The molecule has 0 saturated carbocycles. The Morgan fingerprint density at radius 3 is 2.86 bits per heavy atom. The second kappa shape index (κ2) is 6.73. The summed E-state index contributed by atoms with van der Waals surface area (Å²) < 4.78 is 5.58. The van der Waals surface area contributed by atoms with E-state index >= 15 is 0 Å². The number of thioether (sulfide) groups is 1. The van der Waals surface area contributed by atoms with Crippen molar-refractivity contribution in [2.45, 2.75) is 6.42 Å². The van der Waals surface area contributed by atoms with Gasteiger partial charge in [0.15, 0.2) is 0 Å². The van der Waals surface area contributed by atoms with Crippen molar-refractivity contribution in [1.82, 2.24) is 4.90 Å². The number of hydrogen-bond acceptors (Lipinski definition) is 6. The Kier molecular flexibility index (Phi) is 4.98. The van der Waals surface area contributed by atoms with Crippen LogP contribution in [-0.4, -0.2) is 34.8 Å². The van der Waals surface area contributed by atoms with Crippen molar-refractivity contribution in [3.05, 3.63) is 34.7 Å². The summed E-state index contributed by atoms with van der Waals surface area (Å²) in [6, 6.07) is 7.29. The highest BCUT2D eigenvalue weighted by Gasteiger charge is 2.31. The predicted molar refractivity (Wildman–Crippen MR) is 82.5 cm³/mol. The van der Waals surface area contributed by atoms with Crippen LogP contribution < -0.4 is 9.84 Å². The van der Waals surface area contributed by atoms with Gasteiger partial charge in [-0.05, 0) is 12.1 Å². The number of para-hydroxylation sites is 1. The van der Waals surface area contributed by atoms with Gasteiger partial charge in [-0.3, -0.25) is 9.69 Å². The fourth-order valence-electron chi connectivity index (χ4n) is 1.82. The SMILES string of the molecule is COc1ccccc1/C=C1\SC(=S)N(CCC(=O)[O-])C1=O. The number of amides is 1. The van der Waals surface area contributed by atoms with Crippen LogP contribution in [0.3, 0.4) is 0 Å². The lowest BCUT2D eigenvalue weighted by atomic mass is 10.2. The van der Waals surface area contributed by atoms with Crippen LogP contribution in [0.15, 0.2) is 29.2 Å². The second-order valence-electron chi connectivity index (χ2n) is 4.20. The third-order valence-electron chi connectivity index (χ3n) is 2.84. The number of carboxylic acids is 1. The van der Waals surface area contributed by atoms with Crippen LogP contribution in [0.2, 0.25) is 0 Å². The van der Waals surface area contributed by atoms with Crippen molar-refractivity contribution in [1.29, 1.82) is 0 Å². The van der Waals surface area contributed by atoms with E-state index in [0.29, 0.717) is 15.0 Å². The summed E-state index contributed by atoms with van der Waals surface area (Å²) in [6.07, 6.45) is 1.45. The monoisotopic (exact) mass is 322 g/mol. The number of methoxy groups -OCH3 is 1. The van der Waals surface area contributed by atoms with Crippen LogP contribution in [0.5, 0.6) is 5.75 Å². The van der Waals surface area contributed by atoms with Crippen molar-refractivity contribution in [3.8, 4) is 5.75 Å². The van der Waals surface area contributed by atoms with E-state index in [9.17, 15) is 14.7 Å². The fraction of sp³-hybridized carbons (Fsp3) is 0.214. The van der Waals surface area contributed by atoms with Gasteiger partial charge in [-0.25, -0.2) is 0 Å². The highest BCUT2D eigenvalue weighted by molar-refractivity contribution is 8.26. The lowest BCUT2D eigenvalue weighted by Crippen LogP contribution is -2.33. The zero-order valence-corrected chi connectivity index (χ0v) is 12.8. The number of rotatable bonds is 5. The molecule has 1 aliphatic heterocycles. The maximum Gasteiger partial charge on any atom is 0.266 e. The molecule has 1 amide bonds. The molecule has 1 saturated heterocycles. The van der Waals surface area contributed by atoms with Gasteiger partial charge in [0, 0.05) is 24.5 Å². The topological polar surface area (TPSA) is 69.7 Å². The van der Waals surface area contributed by atoms with Gasteiger partial charge in [-0.15, -0.1) is 0 Å². The number of nitrogens with zero attached hydrogens (tertiary/aromatic N) is 1. The van der Waals surface area contributed by atoms with E-state index in [1.807, 2.05) is 18.2 Å². The molecule has 7 heteroatoms. The highest BCUT2D eigenvalue weighted by Crippen LogP contribution is 2.34. The first-order valence-corrected chi connectivity index (χ1v) is 7.33. The van der Waals surface area contributed by atoms with Gasteiger partial charge in [0.25, 0.3) is 5.91 Å². The number of thiocarbonyl (C=S) groups is 1. The fourth-order valence-corrected chi connectivity index (χ4v) is 3.12. The summed E-state index contributed by atoms with van der Waals surface area (Å²) >= 11 is 6.25. The summed E-state index contributed by atoms with van der Waals surface area (Å²) in [5.41, 5.74) is 0.764. The molecular formula is C14H12NO4S2-. The van der Waals surface area contributed by atoms with Crippen LogP contribution >= 0.6 is 24.0 Å². The maximum absolute atomic E-state index is 12.2. The van der Waals surface area contributed by atoms with E-state index < -0.39 is 5.97 Å². The Hall–Kier alpha value is -1.86. The number of ether oxygens (including phenoxy) is 1. The Labute approximate surface area is 131 Å². The molecule has 0 atom stereocenters. The maximum atomic E-state index is 12.2. The summed E-state index contributed by atoms with van der Waals surface area (Å²) in [5.74, 6) is -0.854. The minimum Gasteiger partial charge on any atom is -0.550 e. The molecule has 110 valence electrons. The molecule has 2 rings (SSSR count). The average Bonchev–Trinajstić information content (AvgIpc) is 2.72. The number of carboxylic acid groups (broad SMARTS) is 1. The Bertz CT molecular complexity index is 627. The summed E-state index contributed by atoms with van der Waals surface area (Å²) in [5, 5.41) is 10.5. The number of hydrogen-bond donors (Lipinski definition) is 0. The number of carbonyl (C=O) groups is 2. The van der Waals surface area contributed by atoms with E-state index in [4.69, 9.17) is 17.0 Å². The molecule has 0 aliphatic carbocycles. The molecule has 0 bridgehead atoms. The molecule has 0 aromatic heterocycles. The Balaban J connectivity index is 2.22. The lowest BCUT2D eigenvalue weighted by Gasteiger charge is -2.14. The van der Waals surface area contributed by atoms with Crippen LogP contribution in [0.4, 0.5) is 0 Å². The van der Waals surface area contributed by atoms with Crippen molar-refractivity contribution in [2.24, 2.45) is 0 Å². The first kappa shape index (κ1) is 15.5. The highest BCUT2D eigenvalue weighted by atomic mass is 32.2. The number of aliphatic carboxylic acids is 1. The van der Waals surface area contributed by atoms with Gasteiger partial charge in [0.1, 0.15) is 10.1 Å². The standard InChI is InChI=1S/C14H13NO4S2/c1-19-10-5-3-2-4-9(10)8-11-13(18)15(14(20)21-11)7-6-12(16)17/h2-5,8H,6-7H2,1H3,(H,16,17)/p-1/b11-8-. The Morgan fingerprint density at radius 2 is 2.19 bits per heavy atom. The molecule has 1 heterocycles. The third kappa shape index (κ3) is 3.62. The molecule has 0 spiro atoms. The van der Waals surface area contributed by atoms with Crippen LogP contribution in [0.25, 0.3) is 6.08 Å².